The number of rotatable bonds is 4. The van der Waals surface area contributed by atoms with Crippen molar-refractivity contribution in [3.63, 3.8) is 0 Å². The molecule has 0 amide bonds. The van der Waals surface area contributed by atoms with Gasteiger partial charge in [-0.3, -0.25) is 4.84 Å². The average molecular weight is 359 g/mol. The van der Waals surface area contributed by atoms with E-state index in [1.807, 2.05) is 42.5 Å². The maximum atomic E-state index is 5.94. The van der Waals surface area contributed by atoms with Gasteiger partial charge in [0.15, 0.2) is 5.75 Å². The van der Waals surface area contributed by atoms with Crippen LogP contribution in [0.1, 0.15) is 17.5 Å². The molecular formula is C21H17N3O3. The lowest BCUT2D eigenvalue weighted by Gasteiger charge is -2.20. The first-order valence-electron chi connectivity index (χ1n) is 8.77. The van der Waals surface area contributed by atoms with Crippen molar-refractivity contribution >= 4 is 0 Å². The molecule has 0 radical (unpaired) electrons. The number of hydrogen-bond donors (Lipinski definition) is 1. The van der Waals surface area contributed by atoms with Gasteiger partial charge in [0, 0.05) is 6.08 Å². The summed E-state index contributed by atoms with van der Waals surface area (Å²) in [7, 11) is 0. The van der Waals surface area contributed by atoms with E-state index in [1.54, 1.807) is 12.4 Å². The Bertz CT molecular complexity index is 992. The molecular weight excluding hydrogens is 342 g/mol. The van der Waals surface area contributed by atoms with Gasteiger partial charge >= 0.3 is 0 Å². The van der Waals surface area contributed by atoms with Crippen LogP contribution in [0.15, 0.2) is 79.2 Å². The highest BCUT2D eigenvalue weighted by molar-refractivity contribution is 5.47. The molecule has 1 aliphatic carbocycles. The van der Waals surface area contributed by atoms with Gasteiger partial charge in [-0.05, 0) is 48.2 Å². The topological polar surface area (TPSA) is 65.5 Å². The molecule has 2 heterocycles. The van der Waals surface area contributed by atoms with Crippen LogP contribution in [0, 0.1) is 0 Å². The van der Waals surface area contributed by atoms with Crippen LogP contribution in [0.5, 0.6) is 17.2 Å². The first-order chi connectivity index (χ1) is 13.3. The van der Waals surface area contributed by atoms with Gasteiger partial charge in [-0.15, -0.1) is 0 Å². The summed E-state index contributed by atoms with van der Waals surface area (Å²) < 4.78 is 11.7. The molecule has 0 fully saturated rings. The summed E-state index contributed by atoms with van der Waals surface area (Å²) in [4.78, 5) is 13.8. The first-order valence-corrected chi connectivity index (χ1v) is 8.77. The minimum atomic E-state index is -0.522. The van der Waals surface area contributed by atoms with E-state index in [0.29, 0.717) is 11.6 Å². The first kappa shape index (κ1) is 15.8. The predicted octanol–water partition coefficient (Wildman–Crippen LogP) is 3.87. The fraction of sp³-hybridized carbons (Fsp3) is 0.143. The molecule has 2 aliphatic rings. The second-order valence-corrected chi connectivity index (χ2v) is 6.51. The van der Waals surface area contributed by atoms with Gasteiger partial charge < -0.3 is 9.47 Å². The standard InChI is InChI=1S/C21H17N3O3/c1-2-4-16(5-3-1)25-17-6-7-19-15(10-17)8-9-21(19)11-20(24-27-21)26-18-12-22-14-23-13-18/h1-7,10-14,24H,8-9H2/t21-/m0/s1. The maximum absolute atomic E-state index is 5.94. The third-order valence-corrected chi connectivity index (χ3v) is 4.74. The summed E-state index contributed by atoms with van der Waals surface area (Å²) in [5.41, 5.74) is 4.70. The van der Waals surface area contributed by atoms with E-state index in [1.165, 1.54) is 11.9 Å². The van der Waals surface area contributed by atoms with Gasteiger partial charge in [-0.1, -0.05) is 24.3 Å². The Morgan fingerprint density at radius 2 is 1.78 bits per heavy atom. The monoisotopic (exact) mass is 359 g/mol. The normalized spacial score (nSPS) is 20.1. The molecule has 0 bridgehead atoms. The van der Waals surface area contributed by atoms with E-state index >= 15 is 0 Å². The van der Waals surface area contributed by atoms with E-state index < -0.39 is 5.60 Å². The second-order valence-electron chi connectivity index (χ2n) is 6.51. The number of hydrogen-bond acceptors (Lipinski definition) is 6. The number of fused-ring (bicyclic) bond motifs is 2. The van der Waals surface area contributed by atoms with Crippen LogP contribution in [0.4, 0.5) is 0 Å². The Hall–Kier alpha value is -3.38. The Morgan fingerprint density at radius 1 is 0.926 bits per heavy atom. The molecule has 6 heteroatoms. The highest BCUT2D eigenvalue weighted by atomic mass is 16.7. The molecule has 6 nitrogen and oxygen atoms in total. The number of benzene rings is 2. The van der Waals surface area contributed by atoms with Crippen LogP contribution in [0.2, 0.25) is 0 Å². The number of ether oxygens (including phenoxy) is 2. The van der Waals surface area contributed by atoms with Crippen LogP contribution in [0.25, 0.3) is 0 Å². The van der Waals surface area contributed by atoms with Crippen molar-refractivity contribution in [1.82, 2.24) is 15.4 Å². The average Bonchev–Trinajstić information content (AvgIpc) is 3.28. The predicted molar refractivity (Wildman–Crippen MR) is 97.9 cm³/mol. The molecule has 2 aromatic carbocycles. The van der Waals surface area contributed by atoms with Crippen molar-refractivity contribution in [3.05, 3.63) is 90.3 Å². The fourth-order valence-corrected chi connectivity index (χ4v) is 3.52. The van der Waals surface area contributed by atoms with Crippen LogP contribution < -0.4 is 15.0 Å². The Morgan fingerprint density at radius 3 is 2.63 bits per heavy atom. The Kier molecular flexibility index (Phi) is 3.76. The molecule has 27 heavy (non-hydrogen) atoms. The van der Waals surface area contributed by atoms with Gasteiger partial charge in [-0.2, -0.15) is 0 Å². The third-order valence-electron chi connectivity index (χ3n) is 4.74. The van der Waals surface area contributed by atoms with Crippen LogP contribution in [0.3, 0.4) is 0 Å². The van der Waals surface area contributed by atoms with Crippen LogP contribution in [-0.4, -0.2) is 9.97 Å². The third kappa shape index (κ3) is 3.00. The molecule has 3 aromatic rings. The van der Waals surface area contributed by atoms with E-state index in [4.69, 9.17) is 14.3 Å². The SMILES string of the molecule is C1=C(Oc2cncnc2)NO[C@@]12CCc1cc(Oc3ccccc3)ccc12. The molecule has 0 saturated heterocycles. The van der Waals surface area contributed by atoms with E-state index in [9.17, 15) is 0 Å². The zero-order chi connectivity index (χ0) is 18.1. The van der Waals surface area contributed by atoms with Crippen molar-refractivity contribution in [2.75, 3.05) is 0 Å². The van der Waals surface area contributed by atoms with Crippen LogP contribution >= 0.6 is 0 Å². The van der Waals surface area contributed by atoms with E-state index in [-0.39, 0.29) is 0 Å². The van der Waals surface area contributed by atoms with Gasteiger partial charge in [0.25, 0.3) is 0 Å². The maximum Gasteiger partial charge on any atom is 0.216 e. The summed E-state index contributed by atoms with van der Waals surface area (Å²) in [5, 5.41) is 0. The minimum Gasteiger partial charge on any atom is -0.457 e. The number of para-hydroxylation sites is 1. The quantitative estimate of drug-likeness (QED) is 0.763. The van der Waals surface area contributed by atoms with E-state index in [0.717, 1.165) is 29.9 Å². The van der Waals surface area contributed by atoms with Gasteiger partial charge in [0.1, 0.15) is 23.4 Å². The molecule has 0 saturated carbocycles. The van der Waals surface area contributed by atoms with Gasteiger partial charge in [0.2, 0.25) is 5.88 Å². The molecule has 1 atom stereocenters. The Balaban J connectivity index is 1.38. The lowest BCUT2D eigenvalue weighted by Crippen LogP contribution is -2.24. The van der Waals surface area contributed by atoms with E-state index in [2.05, 4.69) is 27.6 Å². The highest BCUT2D eigenvalue weighted by Gasteiger charge is 2.43. The lowest BCUT2D eigenvalue weighted by atomic mass is 9.96. The van der Waals surface area contributed by atoms with Crippen molar-refractivity contribution in [2.24, 2.45) is 0 Å². The molecule has 134 valence electrons. The molecule has 5 rings (SSSR count). The summed E-state index contributed by atoms with van der Waals surface area (Å²) in [6.45, 7) is 0. The van der Waals surface area contributed by atoms with Crippen molar-refractivity contribution < 1.29 is 14.3 Å². The minimum absolute atomic E-state index is 0.522. The molecule has 1 N–H and O–H groups in total. The lowest BCUT2D eigenvalue weighted by molar-refractivity contribution is -0.0506. The second kappa shape index (κ2) is 6.41. The van der Waals surface area contributed by atoms with Crippen molar-refractivity contribution in [3.8, 4) is 17.2 Å². The summed E-state index contributed by atoms with van der Waals surface area (Å²) in [6, 6.07) is 15.9. The number of aromatic nitrogens is 2. The zero-order valence-corrected chi connectivity index (χ0v) is 14.5. The smallest absolute Gasteiger partial charge is 0.216 e. The fourth-order valence-electron chi connectivity index (χ4n) is 3.52. The van der Waals surface area contributed by atoms with Crippen LogP contribution in [-0.2, 0) is 16.9 Å². The molecule has 0 unspecified atom stereocenters. The zero-order valence-electron chi connectivity index (χ0n) is 14.5. The Labute approximate surface area is 156 Å². The number of aryl methyl sites for hydroxylation is 1. The molecule has 1 spiro atoms. The summed E-state index contributed by atoms with van der Waals surface area (Å²) in [5.74, 6) is 2.75. The number of nitrogens with zero attached hydrogens (tertiary/aromatic N) is 2. The van der Waals surface area contributed by atoms with Crippen molar-refractivity contribution in [1.29, 1.82) is 0 Å². The van der Waals surface area contributed by atoms with Gasteiger partial charge in [0.05, 0.1) is 12.4 Å². The van der Waals surface area contributed by atoms with Gasteiger partial charge in [-0.25, -0.2) is 15.4 Å². The number of nitrogens with one attached hydrogen (secondary N) is 1. The number of hydroxylamine groups is 1. The summed E-state index contributed by atoms with van der Waals surface area (Å²) in [6.07, 6.45) is 8.39. The highest BCUT2D eigenvalue weighted by Crippen LogP contribution is 2.45. The summed E-state index contributed by atoms with van der Waals surface area (Å²) >= 11 is 0. The molecule has 1 aromatic heterocycles. The van der Waals surface area contributed by atoms with Crippen molar-refractivity contribution in [2.45, 2.75) is 18.4 Å². The molecule has 1 aliphatic heterocycles. The largest absolute Gasteiger partial charge is 0.457 e.